The van der Waals surface area contributed by atoms with Gasteiger partial charge in [0.15, 0.2) is 0 Å². The van der Waals surface area contributed by atoms with E-state index in [1.807, 2.05) is 0 Å². The monoisotopic (exact) mass is 346 g/mol. The van der Waals surface area contributed by atoms with Crippen LogP contribution in [0.1, 0.15) is 32.1 Å². The third kappa shape index (κ3) is 3.01. The van der Waals surface area contributed by atoms with Crippen LogP contribution < -0.4 is 0 Å². The predicted molar refractivity (Wildman–Crippen MR) is 80.5 cm³/mol. The molecule has 0 aromatic rings. The summed E-state index contributed by atoms with van der Waals surface area (Å²) >= 11 is 0. The maximum Gasteiger partial charge on any atom is 0.352 e. The van der Waals surface area contributed by atoms with Gasteiger partial charge in [-0.15, -0.1) is 0 Å². The van der Waals surface area contributed by atoms with Gasteiger partial charge in [-0.1, -0.05) is 0 Å². The number of alkyl halides is 2. The summed E-state index contributed by atoms with van der Waals surface area (Å²) in [5.74, 6) is -5.25. The fourth-order valence-electron chi connectivity index (χ4n) is 3.59. The highest BCUT2D eigenvalue weighted by Crippen LogP contribution is 2.45. The lowest BCUT2D eigenvalue weighted by Gasteiger charge is -2.44. The van der Waals surface area contributed by atoms with E-state index in [1.165, 1.54) is 0 Å². The van der Waals surface area contributed by atoms with Crippen LogP contribution in [0.25, 0.3) is 0 Å². The van der Waals surface area contributed by atoms with Crippen molar-refractivity contribution in [2.75, 3.05) is 39.4 Å². The molecule has 0 spiro atoms. The summed E-state index contributed by atoms with van der Waals surface area (Å²) in [7, 11) is 0. The quantitative estimate of drug-likeness (QED) is 0.814. The van der Waals surface area contributed by atoms with Crippen molar-refractivity contribution in [3.05, 3.63) is 0 Å². The molecule has 2 heterocycles. The van der Waals surface area contributed by atoms with Crippen molar-refractivity contribution in [3.8, 4) is 0 Å². The van der Waals surface area contributed by atoms with E-state index >= 15 is 0 Å². The highest BCUT2D eigenvalue weighted by Gasteiger charge is 2.62. The molecule has 6 nitrogen and oxygen atoms in total. The van der Waals surface area contributed by atoms with Crippen LogP contribution in [0, 0.1) is 5.92 Å². The Morgan fingerprint density at radius 3 is 2.12 bits per heavy atom. The summed E-state index contributed by atoms with van der Waals surface area (Å²) in [6.45, 7) is 2.42. The van der Waals surface area contributed by atoms with Gasteiger partial charge in [-0.05, 0) is 32.1 Å². The number of morpholine rings is 1. The third-order valence-corrected chi connectivity index (χ3v) is 5.49. The first-order chi connectivity index (χ1) is 11.3. The van der Waals surface area contributed by atoms with Crippen LogP contribution in [0.5, 0.6) is 0 Å². The van der Waals surface area contributed by atoms with Crippen LogP contribution in [-0.2, 0) is 14.3 Å². The van der Waals surface area contributed by atoms with Gasteiger partial charge in [0.25, 0.3) is 5.91 Å². The zero-order valence-electron chi connectivity index (χ0n) is 13.7. The molecule has 0 atom stereocenters. The Morgan fingerprint density at radius 2 is 1.62 bits per heavy atom. The molecule has 0 radical (unpaired) electrons. The molecule has 3 fully saturated rings. The van der Waals surface area contributed by atoms with E-state index in [-0.39, 0.29) is 37.8 Å². The van der Waals surface area contributed by atoms with Gasteiger partial charge >= 0.3 is 5.92 Å². The van der Waals surface area contributed by atoms with Crippen LogP contribution in [-0.4, -0.2) is 77.6 Å². The largest absolute Gasteiger partial charge is 0.383 e. The summed E-state index contributed by atoms with van der Waals surface area (Å²) < 4.78 is 33.7. The predicted octanol–water partition coefficient (Wildman–Crippen LogP) is 0.634. The molecule has 1 N–H and O–H groups in total. The van der Waals surface area contributed by atoms with Crippen molar-refractivity contribution in [1.82, 2.24) is 9.80 Å². The maximum absolute atomic E-state index is 14.2. The Balaban J connectivity index is 1.54. The van der Waals surface area contributed by atoms with Crippen LogP contribution in [0.15, 0.2) is 0 Å². The maximum atomic E-state index is 14.2. The molecular weight excluding hydrogens is 322 g/mol. The van der Waals surface area contributed by atoms with Gasteiger partial charge in [0, 0.05) is 32.1 Å². The number of rotatable bonds is 3. The second-order valence-electron chi connectivity index (χ2n) is 6.96. The number of aliphatic hydroxyl groups is 1. The number of ether oxygens (including phenoxy) is 1. The number of likely N-dealkylation sites (tertiary alicyclic amines) is 1. The molecular formula is C16H24F2N2O4. The molecule has 3 rings (SSSR count). The second kappa shape index (κ2) is 6.55. The lowest BCUT2D eigenvalue weighted by Crippen LogP contribution is -2.62. The Labute approximate surface area is 139 Å². The zero-order chi connectivity index (χ0) is 17.4. The number of carbonyl (C=O) groups excluding carboxylic acids is 2. The highest BCUT2D eigenvalue weighted by atomic mass is 19.3. The lowest BCUT2D eigenvalue weighted by atomic mass is 9.74. The third-order valence-electron chi connectivity index (χ3n) is 5.49. The Hall–Kier alpha value is -1.28. The minimum absolute atomic E-state index is 0.0229. The molecule has 0 unspecified atom stereocenters. The topological polar surface area (TPSA) is 70.1 Å². The van der Waals surface area contributed by atoms with E-state index in [1.54, 1.807) is 4.90 Å². The Kier molecular flexibility index (Phi) is 4.79. The number of halogens is 2. The first-order valence-electron chi connectivity index (χ1n) is 8.61. The van der Waals surface area contributed by atoms with Gasteiger partial charge in [-0.25, -0.2) is 0 Å². The van der Waals surface area contributed by atoms with Crippen molar-refractivity contribution in [3.63, 3.8) is 0 Å². The van der Waals surface area contributed by atoms with E-state index < -0.39 is 17.4 Å². The SMILES string of the molecule is O=C(C1CCN(C(=O)C(F)(F)C2(O)CCC2)CC1)N1CCOCC1. The van der Waals surface area contributed by atoms with E-state index in [2.05, 4.69) is 0 Å². The molecule has 0 aromatic carbocycles. The van der Waals surface area contributed by atoms with Gasteiger partial charge in [0.2, 0.25) is 5.91 Å². The van der Waals surface area contributed by atoms with Crippen molar-refractivity contribution in [2.24, 2.45) is 5.92 Å². The molecule has 2 amide bonds. The highest BCUT2D eigenvalue weighted by molar-refractivity contribution is 5.86. The van der Waals surface area contributed by atoms with E-state index in [0.29, 0.717) is 45.6 Å². The van der Waals surface area contributed by atoms with Gasteiger partial charge in [-0.2, -0.15) is 8.78 Å². The summed E-state index contributed by atoms with van der Waals surface area (Å²) in [5.41, 5.74) is -2.19. The summed E-state index contributed by atoms with van der Waals surface area (Å²) in [6.07, 6.45) is 1.19. The van der Waals surface area contributed by atoms with Crippen LogP contribution in [0.2, 0.25) is 0 Å². The number of amides is 2. The first kappa shape index (κ1) is 17.5. The van der Waals surface area contributed by atoms with Gasteiger partial charge < -0.3 is 19.6 Å². The van der Waals surface area contributed by atoms with E-state index in [4.69, 9.17) is 4.74 Å². The molecule has 3 aliphatic rings. The van der Waals surface area contributed by atoms with Crippen LogP contribution >= 0.6 is 0 Å². The molecule has 2 aliphatic heterocycles. The van der Waals surface area contributed by atoms with Crippen molar-refractivity contribution >= 4 is 11.8 Å². The summed E-state index contributed by atoms with van der Waals surface area (Å²) in [6, 6.07) is 0. The Morgan fingerprint density at radius 1 is 1.04 bits per heavy atom. The fourth-order valence-corrected chi connectivity index (χ4v) is 3.59. The van der Waals surface area contributed by atoms with Crippen molar-refractivity contribution in [2.45, 2.75) is 43.6 Å². The fraction of sp³-hybridized carbons (Fsp3) is 0.875. The lowest BCUT2D eigenvalue weighted by molar-refractivity contribution is -0.224. The van der Waals surface area contributed by atoms with Gasteiger partial charge in [-0.3, -0.25) is 9.59 Å². The molecule has 8 heteroatoms. The smallest absolute Gasteiger partial charge is 0.352 e. The molecule has 1 saturated carbocycles. The standard InChI is InChI=1S/C16H24F2N2O4/c17-16(18,15(23)4-1-5-15)14(22)20-6-2-12(3-7-20)13(21)19-8-10-24-11-9-19/h12,23H,1-11H2. The molecule has 24 heavy (non-hydrogen) atoms. The van der Waals surface area contributed by atoms with E-state index in [0.717, 1.165) is 4.90 Å². The molecule has 136 valence electrons. The normalized spacial score (nSPS) is 25.3. The zero-order valence-corrected chi connectivity index (χ0v) is 13.7. The number of hydrogen-bond acceptors (Lipinski definition) is 4. The second-order valence-corrected chi connectivity index (χ2v) is 6.96. The average molecular weight is 346 g/mol. The van der Waals surface area contributed by atoms with Crippen LogP contribution in [0.4, 0.5) is 8.78 Å². The first-order valence-corrected chi connectivity index (χ1v) is 8.61. The van der Waals surface area contributed by atoms with Gasteiger partial charge in [0.1, 0.15) is 5.60 Å². The minimum Gasteiger partial charge on any atom is -0.383 e. The Bertz CT molecular complexity index is 496. The molecule has 0 aromatic heterocycles. The molecule has 1 aliphatic carbocycles. The van der Waals surface area contributed by atoms with E-state index in [9.17, 15) is 23.5 Å². The number of nitrogens with zero attached hydrogens (tertiary/aromatic N) is 2. The number of carbonyl (C=O) groups is 2. The van der Waals surface area contributed by atoms with Gasteiger partial charge in [0.05, 0.1) is 13.2 Å². The average Bonchev–Trinajstić information content (AvgIpc) is 2.59. The summed E-state index contributed by atoms with van der Waals surface area (Å²) in [5, 5.41) is 9.88. The number of piperidine rings is 1. The minimum atomic E-state index is -3.74. The number of hydrogen-bond donors (Lipinski definition) is 1. The van der Waals surface area contributed by atoms with Crippen LogP contribution in [0.3, 0.4) is 0 Å². The van der Waals surface area contributed by atoms with Crippen molar-refractivity contribution < 1.29 is 28.2 Å². The molecule has 0 bridgehead atoms. The van der Waals surface area contributed by atoms with Crippen molar-refractivity contribution in [1.29, 1.82) is 0 Å². The molecule has 2 saturated heterocycles. The summed E-state index contributed by atoms with van der Waals surface area (Å²) in [4.78, 5) is 27.4.